The Morgan fingerprint density at radius 2 is 1.90 bits per heavy atom. The van der Waals surface area contributed by atoms with Crippen LogP contribution in [0.2, 0.25) is 0 Å². The molecule has 0 aliphatic rings. The summed E-state index contributed by atoms with van der Waals surface area (Å²) in [6.07, 6.45) is -0.0773. The molecule has 0 spiro atoms. The lowest BCUT2D eigenvalue weighted by atomic mass is 10.0. The number of thioether (sulfide) groups is 1. The lowest BCUT2D eigenvalue weighted by Gasteiger charge is -2.20. The Bertz CT molecular complexity index is 476. The molecular formula is C15H20FNO3S. The first-order valence-corrected chi connectivity index (χ1v) is 7.87. The number of hydrogen-bond acceptors (Lipinski definition) is 3. The van der Waals surface area contributed by atoms with Gasteiger partial charge >= 0.3 is 5.97 Å². The van der Waals surface area contributed by atoms with Gasteiger partial charge in [0.25, 0.3) is 0 Å². The highest BCUT2D eigenvalue weighted by molar-refractivity contribution is 7.99. The molecular weight excluding hydrogens is 293 g/mol. The predicted molar refractivity (Wildman–Crippen MR) is 81.6 cm³/mol. The van der Waals surface area contributed by atoms with Gasteiger partial charge in [-0.2, -0.15) is 0 Å². The van der Waals surface area contributed by atoms with E-state index < -0.39 is 5.97 Å². The van der Waals surface area contributed by atoms with E-state index in [-0.39, 0.29) is 35.9 Å². The molecule has 6 heteroatoms. The quantitative estimate of drug-likeness (QED) is 0.774. The van der Waals surface area contributed by atoms with Gasteiger partial charge in [0.2, 0.25) is 5.91 Å². The number of benzene rings is 1. The smallest absolute Gasteiger partial charge is 0.305 e. The number of halogens is 1. The Hall–Kier alpha value is -1.56. The number of hydrogen-bond donors (Lipinski definition) is 2. The van der Waals surface area contributed by atoms with Crippen molar-refractivity contribution in [2.75, 3.05) is 5.75 Å². The van der Waals surface area contributed by atoms with Crippen molar-refractivity contribution in [3.63, 3.8) is 0 Å². The van der Waals surface area contributed by atoms with Crippen molar-refractivity contribution in [1.82, 2.24) is 5.32 Å². The van der Waals surface area contributed by atoms with Crippen LogP contribution >= 0.6 is 11.8 Å². The van der Waals surface area contributed by atoms with Crippen molar-refractivity contribution in [1.29, 1.82) is 0 Å². The summed E-state index contributed by atoms with van der Waals surface area (Å²) >= 11 is 1.41. The molecule has 2 N–H and O–H groups in total. The third-order valence-corrected chi connectivity index (χ3v) is 3.96. The van der Waals surface area contributed by atoms with E-state index in [0.717, 1.165) is 5.56 Å². The Kier molecular flexibility index (Phi) is 7.22. The molecule has 0 fully saturated rings. The summed E-state index contributed by atoms with van der Waals surface area (Å²) in [5.74, 6) is -0.462. The molecule has 0 aliphatic carbocycles. The van der Waals surface area contributed by atoms with Crippen LogP contribution in [-0.2, 0) is 15.3 Å². The number of carbonyl (C=O) groups is 2. The van der Waals surface area contributed by atoms with E-state index in [1.165, 1.54) is 23.9 Å². The zero-order valence-electron chi connectivity index (χ0n) is 12.1. The highest BCUT2D eigenvalue weighted by Crippen LogP contribution is 2.13. The van der Waals surface area contributed by atoms with Crippen molar-refractivity contribution in [3.8, 4) is 0 Å². The molecule has 0 aromatic heterocycles. The van der Waals surface area contributed by atoms with Gasteiger partial charge in [-0.1, -0.05) is 26.0 Å². The van der Waals surface area contributed by atoms with Gasteiger partial charge in [-0.05, 0) is 23.6 Å². The third kappa shape index (κ3) is 7.13. The molecule has 1 amide bonds. The molecule has 0 bridgehead atoms. The van der Waals surface area contributed by atoms with Crippen LogP contribution in [0.4, 0.5) is 4.39 Å². The topological polar surface area (TPSA) is 66.4 Å². The highest BCUT2D eigenvalue weighted by Gasteiger charge is 2.19. The molecule has 21 heavy (non-hydrogen) atoms. The van der Waals surface area contributed by atoms with Gasteiger partial charge in [-0.25, -0.2) is 4.39 Å². The van der Waals surface area contributed by atoms with Gasteiger partial charge < -0.3 is 10.4 Å². The third-order valence-electron chi connectivity index (χ3n) is 2.96. The second kappa shape index (κ2) is 8.67. The Balaban J connectivity index is 2.35. The Morgan fingerprint density at radius 3 is 2.43 bits per heavy atom. The maximum Gasteiger partial charge on any atom is 0.305 e. The summed E-state index contributed by atoms with van der Waals surface area (Å²) in [5, 5.41) is 11.5. The van der Waals surface area contributed by atoms with Crippen LogP contribution in [-0.4, -0.2) is 28.8 Å². The van der Waals surface area contributed by atoms with Crippen molar-refractivity contribution >= 4 is 23.6 Å². The summed E-state index contributed by atoms with van der Waals surface area (Å²) in [4.78, 5) is 22.5. The first-order chi connectivity index (χ1) is 9.88. The Morgan fingerprint density at radius 1 is 1.29 bits per heavy atom. The number of amides is 1. The monoisotopic (exact) mass is 313 g/mol. The molecule has 0 radical (unpaired) electrons. The summed E-state index contributed by atoms with van der Waals surface area (Å²) in [6, 6.07) is 5.78. The standard InChI is InChI=1S/C15H20FNO3S/c1-10(2)13(7-15(19)20)17-14(18)9-21-8-11-3-5-12(16)6-4-11/h3-6,10,13H,7-9H2,1-2H3,(H,17,18)(H,19,20). The molecule has 1 unspecified atom stereocenters. The van der Waals surface area contributed by atoms with Gasteiger partial charge in [0, 0.05) is 11.8 Å². The number of rotatable bonds is 8. The van der Waals surface area contributed by atoms with E-state index in [1.807, 2.05) is 13.8 Å². The van der Waals surface area contributed by atoms with Crippen LogP contribution in [0.25, 0.3) is 0 Å². The fraction of sp³-hybridized carbons (Fsp3) is 0.467. The summed E-state index contributed by atoms with van der Waals surface area (Å²) in [6.45, 7) is 3.75. The van der Waals surface area contributed by atoms with Crippen LogP contribution in [0.1, 0.15) is 25.8 Å². The number of nitrogens with one attached hydrogen (secondary N) is 1. The first kappa shape index (κ1) is 17.5. The van der Waals surface area contributed by atoms with E-state index in [1.54, 1.807) is 12.1 Å². The van der Waals surface area contributed by atoms with Gasteiger partial charge in [0.1, 0.15) is 5.82 Å². The van der Waals surface area contributed by atoms with Gasteiger partial charge in [-0.15, -0.1) is 11.8 Å². The fourth-order valence-electron chi connectivity index (χ4n) is 1.73. The van der Waals surface area contributed by atoms with Crippen LogP contribution in [0.3, 0.4) is 0 Å². The van der Waals surface area contributed by atoms with E-state index in [9.17, 15) is 14.0 Å². The molecule has 116 valence electrons. The second-order valence-corrected chi connectivity index (χ2v) is 6.12. The van der Waals surface area contributed by atoms with Gasteiger partial charge in [0.15, 0.2) is 0 Å². The zero-order valence-corrected chi connectivity index (χ0v) is 13.0. The van der Waals surface area contributed by atoms with E-state index >= 15 is 0 Å². The lowest BCUT2D eigenvalue weighted by molar-refractivity contribution is -0.138. The average molecular weight is 313 g/mol. The largest absolute Gasteiger partial charge is 0.481 e. The van der Waals surface area contributed by atoms with Crippen LogP contribution in [0.5, 0.6) is 0 Å². The minimum atomic E-state index is -0.923. The SMILES string of the molecule is CC(C)C(CC(=O)O)NC(=O)CSCc1ccc(F)cc1. The van der Waals surface area contributed by atoms with E-state index in [4.69, 9.17) is 5.11 Å². The summed E-state index contributed by atoms with van der Waals surface area (Å²) < 4.78 is 12.7. The zero-order chi connectivity index (χ0) is 15.8. The molecule has 1 aromatic carbocycles. The number of carbonyl (C=O) groups excluding carboxylic acids is 1. The molecule has 4 nitrogen and oxygen atoms in total. The number of carboxylic acid groups (broad SMARTS) is 1. The minimum absolute atomic E-state index is 0.0622. The normalized spacial score (nSPS) is 12.2. The maximum atomic E-state index is 12.7. The number of carboxylic acids is 1. The van der Waals surface area contributed by atoms with Gasteiger partial charge in [0.05, 0.1) is 12.2 Å². The van der Waals surface area contributed by atoms with E-state index in [0.29, 0.717) is 5.75 Å². The molecule has 1 rings (SSSR count). The fourth-order valence-corrected chi connectivity index (χ4v) is 2.53. The summed E-state index contributed by atoms with van der Waals surface area (Å²) in [7, 11) is 0. The number of aliphatic carboxylic acids is 1. The predicted octanol–water partition coefficient (Wildman–Crippen LogP) is 2.67. The van der Waals surface area contributed by atoms with Crippen LogP contribution < -0.4 is 5.32 Å². The van der Waals surface area contributed by atoms with Crippen molar-refractivity contribution in [2.24, 2.45) is 5.92 Å². The minimum Gasteiger partial charge on any atom is -0.481 e. The molecule has 0 saturated carbocycles. The van der Waals surface area contributed by atoms with Crippen molar-refractivity contribution < 1.29 is 19.1 Å². The Labute approximate surface area is 128 Å². The van der Waals surface area contributed by atoms with Crippen molar-refractivity contribution in [2.45, 2.75) is 32.1 Å². The van der Waals surface area contributed by atoms with Crippen LogP contribution in [0, 0.1) is 11.7 Å². The maximum absolute atomic E-state index is 12.7. The average Bonchev–Trinajstić information content (AvgIpc) is 2.39. The highest BCUT2D eigenvalue weighted by atomic mass is 32.2. The molecule has 0 aliphatic heterocycles. The molecule has 1 aromatic rings. The van der Waals surface area contributed by atoms with Crippen LogP contribution in [0.15, 0.2) is 24.3 Å². The molecule has 0 heterocycles. The van der Waals surface area contributed by atoms with E-state index in [2.05, 4.69) is 5.32 Å². The first-order valence-electron chi connectivity index (χ1n) is 6.72. The van der Waals surface area contributed by atoms with Crippen molar-refractivity contribution in [3.05, 3.63) is 35.6 Å². The molecule has 1 atom stereocenters. The van der Waals surface area contributed by atoms with Gasteiger partial charge in [-0.3, -0.25) is 9.59 Å². The summed E-state index contributed by atoms with van der Waals surface area (Å²) in [5.41, 5.74) is 0.945. The lowest BCUT2D eigenvalue weighted by Crippen LogP contribution is -2.41. The molecule has 0 saturated heterocycles. The second-order valence-electron chi connectivity index (χ2n) is 5.14.